The molecule has 0 aliphatic carbocycles. The molecule has 0 radical (unpaired) electrons. The molecule has 8 heteroatoms. The number of rotatable bonds is 4. The normalized spacial score (nSPS) is 10.8. The number of hydrogen-bond acceptors (Lipinski definition) is 4. The molecule has 1 heterocycles. The minimum atomic E-state index is -0.625. The third kappa shape index (κ3) is 3.81. The summed E-state index contributed by atoms with van der Waals surface area (Å²) in [6.07, 6.45) is 1.02. The van der Waals surface area contributed by atoms with Crippen molar-refractivity contribution in [1.82, 2.24) is 14.8 Å². The molecule has 26 heavy (non-hydrogen) atoms. The van der Waals surface area contributed by atoms with E-state index in [9.17, 15) is 9.59 Å². The predicted octanol–water partition coefficient (Wildman–Crippen LogP) is 3.70. The molecular formula is C18H15Cl2N3O3. The highest BCUT2D eigenvalue weighted by molar-refractivity contribution is 6.43. The average Bonchev–Trinajstić information content (AvgIpc) is 2.58. The Kier molecular flexibility index (Phi) is 5.15. The number of H-pyrrole nitrogens is 1. The van der Waals surface area contributed by atoms with E-state index in [4.69, 9.17) is 27.9 Å². The molecule has 0 aliphatic heterocycles. The molecule has 2 aromatic carbocycles. The Morgan fingerprint density at radius 2 is 1.81 bits per heavy atom. The molecule has 3 aromatic rings. The Hall–Kier alpha value is -2.57. The van der Waals surface area contributed by atoms with Crippen LogP contribution >= 0.6 is 23.2 Å². The summed E-state index contributed by atoms with van der Waals surface area (Å²) in [5.41, 5.74) is 1.50. The maximum Gasteiger partial charge on any atom is 0.345 e. The van der Waals surface area contributed by atoms with E-state index >= 15 is 0 Å². The Bertz CT molecular complexity index is 1090. The lowest BCUT2D eigenvalue weighted by atomic mass is 10.1. The van der Waals surface area contributed by atoms with Crippen molar-refractivity contribution in [2.45, 2.75) is 20.4 Å². The molecule has 0 spiro atoms. The van der Waals surface area contributed by atoms with Crippen LogP contribution in [0, 0.1) is 13.8 Å². The molecule has 3 rings (SSSR count). The first-order valence-electron chi connectivity index (χ1n) is 7.73. The van der Waals surface area contributed by atoms with Crippen LogP contribution in [0.4, 0.5) is 0 Å². The van der Waals surface area contributed by atoms with Crippen molar-refractivity contribution in [2.75, 3.05) is 0 Å². The van der Waals surface area contributed by atoms with Gasteiger partial charge in [-0.3, -0.25) is 9.78 Å². The van der Waals surface area contributed by atoms with E-state index in [0.717, 1.165) is 22.0 Å². The van der Waals surface area contributed by atoms with E-state index in [-0.39, 0.29) is 16.6 Å². The molecular weight excluding hydrogens is 377 g/mol. The third-order valence-corrected chi connectivity index (χ3v) is 4.68. The fraction of sp³-hybridized carbons (Fsp3) is 0.167. The zero-order valence-electron chi connectivity index (χ0n) is 14.0. The van der Waals surface area contributed by atoms with Crippen molar-refractivity contribution in [2.24, 2.45) is 0 Å². The van der Waals surface area contributed by atoms with Crippen molar-refractivity contribution in [1.29, 1.82) is 0 Å². The van der Waals surface area contributed by atoms with E-state index < -0.39 is 11.2 Å². The van der Waals surface area contributed by atoms with E-state index in [1.165, 1.54) is 0 Å². The Morgan fingerprint density at radius 1 is 1.08 bits per heavy atom. The highest BCUT2D eigenvalue weighted by Gasteiger charge is 2.14. The average molecular weight is 392 g/mol. The largest absolute Gasteiger partial charge is 0.455 e. The smallest absolute Gasteiger partial charge is 0.345 e. The number of hydrogen-bond donors (Lipinski definition) is 1. The quantitative estimate of drug-likeness (QED) is 0.735. The number of ether oxygens (including phenoxy) is 1. The molecule has 1 N–H and O–H groups in total. The second-order valence-electron chi connectivity index (χ2n) is 5.82. The zero-order valence-corrected chi connectivity index (χ0v) is 15.6. The summed E-state index contributed by atoms with van der Waals surface area (Å²) in [6.45, 7) is 4.01. The summed E-state index contributed by atoms with van der Waals surface area (Å²) >= 11 is 12.7. The number of aromatic nitrogens is 3. The second kappa shape index (κ2) is 7.35. The standard InChI is InChI=1S/C18H15Cl2N3O3/c1-10-3-5-13(11(2)7-10)26-14-6-4-12(16(19)17(14)20)9-23-18(25)22-15(24)8-21-23/h3-8H,9H2,1-2H3,(H,22,24,25). The molecule has 134 valence electrons. The summed E-state index contributed by atoms with van der Waals surface area (Å²) in [7, 11) is 0. The molecule has 1 aromatic heterocycles. The number of aromatic amines is 1. The van der Waals surface area contributed by atoms with Gasteiger partial charge in [-0.15, -0.1) is 0 Å². The Labute approximate surface area is 159 Å². The molecule has 0 amide bonds. The van der Waals surface area contributed by atoms with Gasteiger partial charge in [-0.2, -0.15) is 5.10 Å². The van der Waals surface area contributed by atoms with Gasteiger partial charge in [0.15, 0.2) is 0 Å². The van der Waals surface area contributed by atoms with Gasteiger partial charge in [-0.1, -0.05) is 47.0 Å². The van der Waals surface area contributed by atoms with Crippen LogP contribution in [0.2, 0.25) is 10.0 Å². The van der Waals surface area contributed by atoms with Crippen molar-refractivity contribution in [3.05, 3.63) is 84.1 Å². The third-order valence-electron chi connectivity index (χ3n) is 3.78. The maximum atomic E-state index is 11.8. The number of aryl methyl sites for hydroxylation is 2. The molecule has 0 fully saturated rings. The number of halogens is 2. The van der Waals surface area contributed by atoms with E-state index in [0.29, 0.717) is 17.1 Å². The summed E-state index contributed by atoms with van der Waals surface area (Å²) in [4.78, 5) is 25.0. The maximum absolute atomic E-state index is 11.8. The lowest BCUT2D eigenvalue weighted by Gasteiger charge is -2.13. The fourth-order valence-corrected chi connectivity index (χ4v) is 2.89. The predicted molar refractivity (Wildman–Crippen MR) is 101 cm³/mol. The first-order valence-corrected chi connectivity index (χ1v) is 8.49. The van der Waals surface area contributed by atoms with Crippen molar-refractivity contribution < 1.29 is 4.74 Å². The molecule has 0 saturated heterocycles. The highest BCUT2D eigenvalue weighted by Crippen LogP contribution is 2.38. The van der Waals surface area contributed by atoms with Crippen LogP contribution in [0.25, 0.3) is 0 Å². The van der Waals surface area contributed by atoms with Crippen LogP contribution in [-0.2, 0) is 6.54 Å². The van der Waals surface area contributed by atoms with Gasteiger partial charge in [-0.25, -0.2) is 9.48 Å². The Balaban J connectivity index is 1.91. The molecule has 0 saturated carbocycles. The number of nitrogens with one attached hydrogen (secondary N) is 1. The molecule has 0 aliphatic rings. The minimum absolute atomic E-state index is 0.0675. The van der Waals surface area contributed by atoms with Crippen molar-refractivity contribution >= 4 is 23.2 Å². The van der Waals surface area contributed by atoms with Gasteiger partial charge < -0.3 is 4.74 Å². The van der Waals surface area contributed by atoms with Gasteiger partial charge >= 0.3 is 5.69 Å². The Morgan fingerprint density at radius 3 is 2.50 bits per heavy atom. The molecule has 6 nitrogen and oxygen atoms in total. The lowest BCUT2D eigenvalue weighted by Crippen LogP contribution is -2.31. The summed E-state index contributed by atoms with van der Waals surface area (Å²) in [5.74, 6) is 1.09. The van der Waals surface area contributed by atoms with Crippen LogP contribution in [0.3, 0.4) is 0 Å². The van der Waals surface area contributed by atoms with Gasteiger partial charge in [0.05, 0.1) is 11.6 Å². The summed E-state index contributed by atoms with van der Waals surface area (Å²) in [5, 5.41) is 4.28. The SMILES string of the molecule is Cc1ccc(Oc2ccc(Cn3ncc(=O)[nH]c3=O)c(Cl)c2Cl)c(C)c1. The van der Waals surface area contributed by atoms with Crippen LogP contribution in [-0.4, -0.2) is 14.8 Å². The van der Waals surface area contributed by atoms with E-state index in [2.05, 4.69) is 10.1 Å². The first kappa shape index (κ1) is 18.2. The van der Waals surface area contributed by atoms with Crippen LogP contribution in [0.1, 0.15) is 16.7 Å². The highest BCUT2D eigenvalue weighted by atomic mass is 35.5. The monoisotopic (exact) mass is 391 g/mol. The van der Waals surface area contributed by atoms with E-state index in [1.54, 1.807) is 12.1 Å². The van der Waals surface area contributed by atoms with Gasteiger partial charge in [0.25, 0.3) is 5.56 Å². The van der Waals surface area contributed by atoms with Crippen LogP contribution in [0.5, 0.6) is 11.5 Å². The zero-order chi connectivity index (χ0) is 18.8. The fourth-order valence-electron chi connectivity index (χ4n) is 2.46. The van der Waals surface area contributed by atoms with Gasteiger partial charge in [0, 0.05) is 0 Å². The van der Waals surface area contributed by atoms with Crippen molar-refractivity contribution in [3.8, 4) is 11.5 Å². The summed E-state index contributed by atoms with van der Waals surface area (Å²) in [6, 6.07) is 9.20. The number of nitrogens with zero attached hydrogens (tertiary/aromatic N) is 2. The van der Waals surface area contributed by atoms with Crippen molar-refractivity contribution in [3.63, 3.8) is 0 Å². The molecule has 0 bridgehead atoms. The first-order chi connectivity index (χ1) is 12.3. The van der Waals surface area contributed by atoms with Gasteiger partial charge in [-0.05, 0) is 37.1 Å². The minimum Gasteiger partial charge on any atom is -0.455 e. The summed E-state index contributed by atoms with van der Waals surface area (Å²) < 4.78 is 6.96. The lowest BCUT2D eigenvalue weighted by molar-refractivity contribution is 0.478. The van der Waals surface area contributed by atoms with Gasteiger partial charge in [0.2, 0.25) is 0 Å². The molecule has 0 unspecified atom stereocenters. The van der Waals surface area contributed by atoms with Crippen LogP contribution in [0.15, 0.2) is 46.1 Å². The number of benzene rings is 2. The van der Waals surface area contributed by atoms with Gasteiger partial charge in [0.1, 0.15) is 22.7 Å². The molecule has 0 atom stereocenters. The second-order valence-corrected chi connectivity index (χ2v) is 6.57. The topological polar surface area (TPSA) is 77.0 Å². The van der Waals surface area contributed by atoms with E-state index in [1.807, 2.05) is 32.0 Å². The van der Waals surface area contributed by atoms with Crippen LogP contribution < -0.4 is 16.0 Å².